The average molecular weight is 462 g/mol. The van der Waals surface area contributed by atoms with Gasteiger partial charge in [0.25, 0.3) is 5.91 Å². The first-order valence-electron chi connectivity index (χ1n) is 9.94. The van der Waals surface area contributed by atoms with Crippen molar-refractivity contribution >= 4 is 34.6 Å². The van der Waals surface area contributed by atoms with Gasteiger partial charge >= 0.3 is 0 Å². The van der Waals surface area contributed by atoms with Crippen LogP contribution >= 0.6 is 11.6 Å². The number of nitrogens with one attached hydrogen (secondary N) is 1. The Bertz CT molecular complexity index is 1370. The van der Waals surface area contributed by atoms with Crippen LogP contribution in [-0.2, 0) is 0 Å². The molecule has 0 aliphatic carbocycles. The Morgan fingerprint density at radius 1 is 1.03 bits per heavy atom. The van der Waals surface area contributed by atoms with E-state index < -0.39 is 5.91 Å². The zero-order chi connectivity index (χ0) is 23.4. The molecule has 4 rings (SSSR count). The summed E-state index contributed by atoms with van der Waals surface area (Å²) in [6.07, 6.45) is 1.33. The highest BCUT2D eigenvalue weighted by atomic mass is 35.5. The summed E-state index contributed by atoms with van der Waals surface area (Å²) in [5.74, 6) is 0.732. The van der Waals surface area contributed by atoms with Crippen LogP contribution in [0.5, 0.6) is 17.2 Å². The number of aromatic hydroxyl groups is 1. The van der Waals surface area contributed by atoms with Crippen molar-refractivity contribution in [2.24, 2.45) is 5.10 Å². The maximum atomic E-state index is 13.0. The van der Waals surface area contributed by atoms with Crippen molar-refractivity contribution in [3.8, 4) is 28.5 Å². The summed E-state index contributed by atoms with van der Waals surface area (Å²) in [7, 11) is 3.13. The standard InChI is InChI=1S/C25H20ClN3O4/c1-32-23-10-7-15(12-24(23)33-2)21-13-19(18-5-3-4-6-20(18)28-21)25(31)29-27-14-16-11-17(26)8-9-22(16)30/h3-14,30H,1-2H3,(H,29,31)/b27-14+. The van der Waals surface area contributed by atoms with E-state index in [1.165, 1.54) is 12.3 Å². The molecule has 1 amide bonds. The van der Waals surface area contributed by atoms with Crippen molar-refractivity contribution in [1.29, 1.82) is 0 Å². The van der Waals surface area contributed by atoms with Gasteiger partial charge in [0.1, 0.15) is 5.75 Å². The number of carbonyl (C=O) groups is 1. The maximum Gasteiger partial charge on any atom is 0.272 e. The second-order valence-electron chi connectivity index (χ2n) is 7.04. The van der Waals surface area contributed by atoms with Gasteiger partial charge in [-0.25, -0.2) is 10.4 Å². The zero-order valence-electron chi connectivity index (χ0n) is 17.9. The molecule has 0 bridgehead atoms. The minimum atomic E-state index is -0.423. The van der Waals surface area contributed by atoms with Gasteiger partial charge in [-0.15, -0.1) is 0 Å². The molecule has 33 heavy (non-hydrogen) atoms. The normalized spacial score (nSPS) is 11.0. The quantitative estimate of drug-likeness (QED) is 0.310. The molecule has 0 aliphatic heterocycles. The summed E-state index contributed by atoms with van der Waals surface area (Å²) in [5.41, 5.74) is 5.31. The van der Waals surface area contributed by atoms with Gasteiger partial charge in [0.2, 0.25) is 0 Å². The Kier molecular flexibility index (Phi) is 6.42. The van der Waals surface area contributed by atoms with Crippen LogP contribution in [0.25, 0.3) is 22.2 Å². The lowest BCUT2D eigenvalue weighted by Crippen LogP contribution is -2.18. The predicted molar refractivity (Wildman–Crippen MR) is 128 cm³/mol. The summed E-state index contributed by atoms with van der Waals surface area (Å²) in [6.45, 7) is 0. The molecular weight excluding hydrogens is 442 g/mol. The summed E-state index contributed by atoms with van der Waals surface area (Å²) in [5, 5.41) is 15.0. The summed E-state index contributed by atoms with van der Waals surface area (Å²) < 4.78 is 10.7. The van der Waals surface area contributed by atoms with E-state index in [0.29, 0.717) is 44.2 Å². The number of hydrogen-bond donors (Lipinski definition) is 2. The number of hydrazone groups is 1. The van der Waals surface area contributed by atoms with E-state index in [-0.39, 0.29) is 5.75 Å². The number of nitrogens with zero attached hydrogens (tertiary/aromatic N) is 2. The first-order chi connectivity index (χ1) is 16.0. The summed E-state index contributed by atoms with van der Waals surface area (Å²) in [6, 6.07) is 19.0. The fourth-order valence-electron chi connectivity index (χ4n) is 3.36. The minimum Gasteiger partial charge on any atom is -0.507 e. The Morgan fingerprint density at radius 3 is 2.61 bits per heavy atom. The number of hydrogen-bond acceptors (Lipinski definition) is 6. The Morgan fingerprint density at radius 2 is 1.82 bits per heavy atom. The number of phenols is 1. The molecule has 3 aromatic carbocycles. The Balaban J connectivity index is 1.70. The van der Waals surface area contributed by atoms with Crippen molar-refractivity contribution < 1.29 is 19.4 Å². The van der Waals surface area contributed by atoms with Crippen molar-refractivity contribution in [2.45, 2.75) is 0 Å². The number of amides is 1. The number of para-hydroxylation sites is 1. The molecule has 1 heterocycles. The molecule has 166 valence electrons. The number of pyridine rings is 1. The van der Waals surface area contributed by atoms with E-state index in [1.807, 2.05) is 30.3 Å². The number of aromatic nitrogens is 1. The zero-order valence-corrected chi connectivity index (χ0v) is 18.6. The fourth-order valence-corrected chi connectivity index (χ4v) is 3.54. The van der Waals surface area contributed by atoms with E-state index in [0.717, 1.165) is 5.56 Å². The largest absolute Gasteiger partial charge is 0.507 e. The molecule has 0 saturated heterocycles. The maximum absolute atomic E-state index is 13.0. The van der Waals surface area contributed by atoms with Gasteiger partial charge in [0.15, 0.2) is 11.5 Å². The number of fused-ring (bicyclic) bond motifs is 1. The van der Waals surface area contributed by atoms with Gasteiger partial charge in [-0.2, -0.15) is 5.10 Å². The van der Waals surface area contributed by atoms with Gasteiger partial charge in [-0.05, 0) is 48.5 Å². The summed E-state index contributed by atoms with van der Waals surface area (Å²) in [4.78, 5) is 17.7. The lowest BCUT2D eigenvalue weighted by Gasteiger charge is -2.12. The molecule has 0 radical (unpaired) electrons. The number of methoxy groups -OCH3 is 2. The Hall–Kier alpha value is -4.10. The smallest absolute Gasteiger partial charge is 0.272 e. The van der Waals surface area contributed by atoms with Crippen LogP contribution in [0.1, 0.15) is 15.9 Å². The molecule has 2 N–H and O–H groups in total. The molecule has 8 heteroatoms. The number of halogens is 1. The lowest BCUT2D eigenvalue weighted by atomic mass is 10.0. The first-order valence-corrected chi connectivity index (χ1v) is 10.3. The molecule has 4 aromatic rings. The summed E-state index contributed by atoms with van der Waals surface area (Å²) >= 11 is 5.95. The van der Waals surface area contributed by atoms with E-state index in [1.54, 1.807) is 44.6 Å². The number of benzene rings is 3. The number of rotatable bonds is 6. The highest BCUT2D eigenvalue weighted by Crippen LogP contribution is 2.33. The Labute approximate surface area is 195 Å². The predicted octanol–water partition coefficient (Wildman–Crippen LogP) is 5.04. The number of phenolic OH excluding ortho intramolecular Hbond substituents is 1. The van der Waals surface area contributed by atoms with Gasteiger partial charge in [0.05, 0.1) is 37.2 Å². The van der Waals surface area contributed by atoms with E-state index in [4.69, 9.17) is 26.1 Å². The molecule has 7 nitrogen and oxygen atoms in total. The third-order valence-corrected chi connectivity index (χ3v) is 5.23. The van der Waals surface area contributed by atoms with E-state index in [9.17, 15) is 9.90 Å². The van der Waals surface area contributed by atoms with Crippen LogP contribution in [-0.4, -0.2) is 36.4 Å². The second kappa shape index (κ2) is 9.58. The van der Waals surface area contributed by atoms with Crippen LogP contribution in [0, 0.1) is 0 Å². The van der Waals surface area contributed by atoms with Crippen molar-refractivity contribution in [1.82, 2.24) is 10.4 Å². The van der Waals surface area contributed by atoms with E-state index >= 15 is 0 Å². The second-order valence-corrected chi connectivity index (χ2v) is 7.48. The monoisotopic (exact) mass is 461 g/mol. The van der Waals surface area contributed by atoms with E-state index in [2.05, 4.69) is 10.5 Å². The van der Waals surface area contributed by atoms with Crippen molar-refractivity contribution in [2.75, 3.05) is 14.2 Å². The molecule has 0 unspecified atom stereocenters. The van der Waals surface area contributed by atoms with Crippen LogP contribution < -0.4 is 14.9 Å². The highest BCUT2D eigenvalue weighted by molar-refractivity contribution is 6.30. The topological polar surface area (TPSA) is 93.0 Å². The molecule has 0 saturated carbocycles. The van der Waals surface area contributed by atoms with Crippen LogP contribution in [0.2, 0.25) is 5.02 Å². The van der Waals surface area contributed by atoms with Gasteiger partial charge in [-0.1, -0.05) is 29.8 Å². The SMILES string of the molecule is COc1ccc(-c2cc(C(=O)N/N=C/c3cc(Cl)ccc3O)c3ccccc3n2)cc1OC. The molecule has 0 spiro atoms. The van der Waals surface area contributed by atoms with Gasteiger partial charge < -0.3 is 14.6 Å². The molecule has 0 aliphatic rings. The molecule has 0 fully saturated rings. The van der Waals surface area contributed by atoms with Crippen LogP contribution in [0.3, 0.4) is 0 Å². The fraction of sp³-hybridized carbons (Fsp3) is 0.0800. The molecular formula is C25H20ClN3O4. The highest BCUT2D eigenvalue weighted by Gasteiger charge is 2.15. The van der Waals surface area contributed by atoms with Gasteiger partial charge in [-0.3, -0.25) is 4.79 Å². The number of ether oxygens (including phenoxy) is 2. The minimum absolute atomic E-state index is 0.00231. The van der Waals surface area contributed by atoms with Crippen molar-refractivity contribution in [3.05, 3.63) is 82.9 Å². The molecule has 0 atom stereocenters. The van der Waals surface area contributed by atoms with Gasteiger partial charge in [0, 0.05) is 21.5 Å². The average Bonchev–Trinajstić information content (AvgIpc) is 2.84. The van der Waals surface area contributed by atoms with Crippen molar-refractivity contribution in [3.63, 3.8) is 0 Å². The van der Waals surface area contributed by atoms with Crippen LogP contribution in [0.15, 0.2) is 71.8 Å². The third kappa shape index (κ3) is 4.73. The number of carbonyl (C=O) groups excluding carboxylic acids is 1. The molecule has 1 aromatic heterocycles. The van der Waals surface area contributed by atoms with Crippen LogP contribution in [0.4, 0.5) is 0 Å². The first kappa shape index (κ1) is 22.1. The lowest BCUT2D eigenvalue weighted by molar-refractivity contribution is 0.0956. The third-order valence-electron chi connectivity index (χ3n) is 5.00.